The first kappa shape index (κ1) is 12.9. The number of hydrogen-bond donors (Lipinski definition) is 1. The van der Waals surface area contributed by atoms with Crippen molar-refractivity contribution in [2.45, 2.75) is 6.42 Å². The predicted molar refractivity (Wildman–Crippen MR) is 77.9 cm³/mol. The van der Waals surface area contributed by atoms with E-state index < -0.39 is 0 Å². The van der Waals surface area contributed by atoms with Gasteiger partial charge in [0.2, 0.25) is 0 Å². The molecule has 2 heterocycles. The van der Waals surface area contributed by atoms with Crippen LogP contribution in [0.3, 0.4) is 0 Å². The maximum Gasteiger partial charge on any atom is 0.263 e. The van der Waals surface area contributed by atoms with E-state index in [1.54, 1.807) is 17.9 Å². The van der Waals surface area contributed by atoms with Crippen LogP contribution < -0.4 is 5.73 Å². The van der Waals surface area contributed by atoms with Gasteiger partial charge >= 0.3 is 0 Å². The fourth-order valence-corrected chi connectivity index (χ4v) is 2.28. The van der Waals surface area contributed by atoms with Crippen molar-refractivity contribution in [1.82, 2.24) is 19.9 Å². The number of aromatic nitrogens is 4. The summed E-state index contributed by atoms with van der Waals surface area (Å²) in [5.74, 6) is 1.49. The summed E-state index contributed by atoms with van der Waals surface area (Å²) in [6.45, 7) is 0. The summed E-state index contributed by atoms with van der Waals surface area (Å²) >= 11 is 3.50. The zero-order valence-electron chi connectivity index (χ0n) is 10.7. The maximum atomic E-state index is 5.89. The molecule has 0 saturated carbocycles. The van der Waals surface area contributed by atoms with Crippen molar-refractivity contribution in [3.63, 3.8) is 0 Å². The minimum Gasteiger partial charge on any atom is -0.383 e. The molecule has 2 aromatic heterocycles. The van der Waals surface area contributed by atoms with Gasteiger partial charge in [0, 0.05) is 17.9 Å². The van der Waals surface area contributed by atoms with Crippen LogP contribution in [0.15, 0.2) is 39.5 Å². The lowest BCUT2D eigenvalue weighted by molar-refractivity contribution is 0.424. The van der Waals surface area contributed by atoms with E-state index >= 15 is 0 Å². The zero-order chi connectivity index (χ0) is 14.1. The van der Waals surface area contributed by atoms with E-state index in [0.717, 1.165) is 10.0 Å². The van der Waals surface area contributed by atoms with Crippen LogP contribution in [-0.4, -0.2) is 19.9 Å². The molecule has 0 aliphatic rings. The SMILES string of the molecule is Cn1ncc(-c2nc(Cc3ccccc3Br)no2)c1N. The molecule has 6 nitrogen and oxygen atoms in total. The van der Waals surface area contributed by atoms with Gasteiger partial charge in [-0.1, -0.05) is 39.3 Å². The molecule has 7 heteroatoms. The second-order valence-corrected chi connectivity index (χ2v) is 5.21. The summed E-state index contributed by atoms with van der Waals surface area (Å²) in [7, 11) is 1.76. The summed E-state index contributed by atoms with van der Waals surface area (Å²) in [6.07, 6.45) is 2.20. The first-order chi connectivity index (χ1) is 9.65. The molecule has 0 aliphatic heterocycles. The van der Waals surface area contributed by atoms with Crippen molar-refractivity contribution in [2.75, 3.05) is 5.73 Å². The van der Waals surface area contributed by atoms with Crippen molar-refractivity contribution in [2.24, 2.45) is 7.05 Å². The highest BCUT2D eigenvalue weighted by Gasteiger charge is 2.15. The number of aryl methyl sites for hydroxylation is 1. The normalized spacial score (nSPS) is 10.9. The fourth-order valence-electron chi connectivity index (χ4n) is 1.86. The number of anilines is 1. The number of benzene rings is 1. The Bertz CT molecular complexity index is 749. The molecule has 0 unspecified atom stereocenters. The molecule has 0 aliphatic carbocycles. The largest absolute Gasteiger partial charge is 0.383 e. The second kappa shape index (κ2) is 5.09. The third kappa shape index (κ3) is 2.32. The van der Waals surface area contributed by atoms with Crippen LogP contribution in [0.25, 0.3) is 11.5 Å². The number of hydrogen-bond acceptors (Lipinski definition) is 5. The fraction of sp³-hybridized carbons (Fsp3) is 0.154. The Labute approximate surface area is 123 Å². The molecule has 20 heavy (non-hydrogen) atoms. The Morgan fingerprint density at radius 3 is 2.85 bits per heavy atom. The first-order valence-electron chi connectivity index (χ1n) is 5.99. The Morgan fingerprint density at radius 1 is 1.35 bits per heavy atom. The lowest BCUT2D eigenvalue weighted by Gasteiger charge is -1.99. The lowest BCUT2D eigenvalue weighted by Crippen LogP contribution is -1.98. The van der Waals surface area contributed by atoms with Gasteiger partial charge in [-0.2, -0.15) is 10.1 Å². The summed E-state index contributed by atoms with van der Waals surface area (Å²) < 4.78 is 7.83. The standard InChI is InChI=1S/C13H12BrN5O/c1-19-12(15)9(7-16-19)13-17-11(18-20-13)6-8-4-2-3-5-10(8)14/h2-5,7H,6,15H2,1H3. The topological polar surface area (TPSA) is 82.8 Å². The number of nitrogens with zero attached hydrogens (tertiary/aromatic N) is 4. The molecule has 0 radical (unpaired) electrons. The molecular weight excluding hydrogens is 322 g/mol. The van der Waals surface area contributed by atoms with Gasteiger partial charge in [-0.15, -0.1) is 0 Å². The van der Waals surface area contributed by atoms with Crippen LogP contribution in [0, 0.1) is 0 Å². The van der Waals surface area contributed by atoms with Crippen LogP contribution in [0.5, 0.6) is 0 Å². The lowest BCUT2D eigenvalue weighted by atomic mass is 10.1. The van der Waals surface area contributed by atoms with Gasteiger partial charge in [-0.25, -0.2) is 0 Å². The third-order valence-corrected chi connectivity index (χ3v) is 3.76. The summed E-state index contributed by atoms with van der Waals surface area (Å²) in [5.41, 5.74) is 7.63. The summed E-state index contributed by atoms with van der Waals surface area (Å²) in [6, 6.07) is 7.93. The highest BCUT2D eigenvalue weighted by Crippen LogP contribution is 2.24. The van der Waals surface area contributed by atoms with Gasteiger partial charge in [0.25, 0.3) is 5.89 Å². The van der Waals surface area contributed by atoms with E-state index in [1.165, 1.54) is 0 Å². The van der Waals surface area contributed by atoms with E-state index in [0.29, 0.717) is 29.5 Å². The Morgan fingerprint density at radius 2 is 2.15 bits per heavy atom. The summed E-state index contributed by atoms with van der Waals surface area (Å²) in [5, 5.41) is 8.04. The van der Waals surface area contributed by atoms with Crippen molar-refractivity contribution in [3.8, 4) is 11.5 Å². The van der Waals surface area contributed by atoms with Crippen LogP contribution in [0.1, 0.15) is 11.4 Å². The summed E-state index contributed by atoms with van der Waals surface area (Å²) in [4.78, 5) is 4.36. The van der Waals surface area contributed by atoms with Crippen molar-refractivity contribution >= 4 is 21.7 Å². The molecule has 0 spiro atoms. The molecule has 0 amide bonds. The average molecular weight is 334 g/mol. The number of nitrogens with two attached hydrogens (primary N) is 1. The molecule has 2 N–H and O–H groups in total. The average Bonchev–Trinajstić information content (AvgIpc) is 3.01. The number of halogens is 1. The van der Waals surface area contributed by atoms with Crippen LogP contribution in [0.4, 0.5) is 5.82 Å². The highest BCUT2D eigenvalue weighted by atomic mass is 79.9. The number of nitrogen functional groups attached to an aromatic ring is 1. The minimum absolute atomic E-state index is 0.387. The smallest absolute Gasteiger partial charge is 0.263 e. The number of rotatable bonds is 3. The quantitative estimate of drug-likeness (QED) is 0.795. The van der Waals surface area contributed by atoms with Crippen LogP contribution in [-0.2, 0) is 13.5 Å². The monoisotopic (exact) mass is 333 g/mol. The highest BCUT2D eigenvalue weighted by molar-refractivity contribution is 9.10. The zero-order valence-corrected chi connectivity index (χ0v) is 12.3. The molecule has 0 fully saturated rings. The minimum atomic E-state index is 0.387. The predicted octanol–water partition coefficient (Wildman–Crippen LogP) is 2.41. The van der Waals surface area contributed by atoms with E-state index in [4.69, 9.17) is 10.3 Å². The van der Waals surface area contributed by atoms with E-state index in [9.17, 15) is 0 Å². The Kier molecular flexibility index (Phi) is 3.27. The molecule has 0 saturated heterocycles. The van der Waals surface area contributed by atoms with E-state index in [1.807, 2.05) is 24.3 Å². The van der Waals surface area contributed by atoms with Gasteiger partial charge in [0.15, 0.2) is 5.82 Å². The van der Waals surface area contributed by atoms with Crippen molar-refractivity contribution in [1.29, 1.82) is 0 Å². The molecular formula is C13H12BrN5O. The maximum absolute atomic E-state index is 5.89. The van der Waals surface area contributed by atoms with Gasteiger partial charge in [-0.05, 0) is 11.6 Å². The van der Waals surface area contributed by atoms with Crippen molar-refractivity contribution in [3.05, 3.63) is 46.3 Å². The van der Waals surface area contributed by atoms with Gasteiger partial charge in [0.05, 0.1) is 6.20 Å². The van der Waals surface area contributed by atoms with Gasteiger partial charge in [0.1, 0.15) is 11.4 Å². The third-order valence-electron chi connectivity index (χ3n) is 2.99. The Balaban J connectivity index is 1.88. The molecule has 3 aromatic rings. The second-order valence-electron chi connectivity index (χ2n) is 4.35. The molecule has 1 aromatic carbocycles. The Hall–Kier alpha value is -2.15. The molecule has 3 rings (SSSR count). The first-order valence-corrected chi connectivity index (χ1v) is 6.78. The van der Waals surface area contributed by atoms with Crippen molar-refractivity contribution < 1.29 is 4.52 Å². The van der Waals surface area contributed by atoms with Gasteiger partial charge in [-0.3, -0.25) is 4.68 Å². The van der Waals surface area contributed by atoms with E-state index in [-0.39, 0.29) is 0 Å². The molecule has 0 atom stereocenters. The van der Waals surface area contributed by atoms with Gasteiger partial charge < -0.3 is 10.3 Å². The van der Waals surface area contributed by atoms with Crippen LogP contribution >= 0.6 is 15.9 Å². The van der Waals surface area contributed by atoms with Crippen LogP contribution in [0.2, 0.25) is 0 Å². The molecule has 102 valence electrons. The van der Waals surface area contributed by atoms with E-state index in [2.05, 4.69) is 31.2 Å². The molecule has 0 bridgehead atoms.